The predicted molar refractivity (Wildman–Crippen MR) is 101 cm³/mol. The Bertz CT molecular complexity index is 1110. The first-order valence-electron chi connectivity index (χ1n) is 8.55. The normalized spacial score (nSPS) is 11.7. The molecule has 9 heteroatoms. The van der Waals surface area contributed by atoms with Crippen molar-refractivity contribution in [3.63, 3.8) is 0 Å². The fourth-order valence-corrected chi connectivity index (χ4v) is 3.18. The van der Waals surface area contributed by atoms with Crippen LogP contribution in [0.4, 0.5) is 13.2 Å². The highest BCUT2D eigenvalue weighted by atomic mass is 35.5. The summed E-state index contributed by atoms with van der Waals surface area (Å²) in [6.07, 6.45) is -4.41. The van der Waals surface area contributed by atoms with Gasteiger partial charge in [-0.25, -0.2) is 9.78 Å². The number of carbonyl (C=O) groups excluding carboxylic acids is 2. The van der Waals surface area contributed by atoms with E-state index in [1.165, 1.54) is 26.0 Å². The van der Waals surface area contributed by atoms with E-state index in [4.69, 9.17) is 16.3 Å². The molecule has 0 amide bonds. The third-order valence-electron chi connectivity index (χ3n) is 4.44. The Labute approximate surface area is 169 Å². The molecule has 0 atom stereocenters. The Balaban J connectivity index is 1.71. The molecule has 0 unspecified atom stereocenters. The third-order valence-corrected chi connectivity index (χ3v) is 4.65. The summed E-state index contributed by atoms with van der Waals surface area (Å²) >= 11 is 5.82. The number of aromatic nitrogens is 2. The maximum Gasteiger partial charge on any atom is 0.406 e. The predicted octanol–water partition coefficient (Wildman–Crippen LogP) is 4.91. The largest absolute Gasteiger partial charge is 0.454 e. The summed E-state index contributed by atoms with van der Waals surface area (Å²) in [4.78, 5) is 28.8. The zero-order valence-electron chi connectivity index (χ0n) is 15.5. The van der Waals surface area contributed by atoms with Crippen molar-refractivity contribution in [3.8, 4) is 0 Å². The molecule has 0 aliphatic rings. The fraction of sp³-hybridized carbons (Fsp3) is 0.250. The van der Waals surface area contributed by atoms with E-state index < -0.39 is 31.1 Å². The Morgan fingerprint density at radius 2 is 1.86 bits per heavy atom. The van der Waals surface area contributed by atoms with Crippen molar-refractivity contribution in [2.75, 3.05) is 6.61 Å². The minimum Gasteiger partial charge on any atom is -0.454 e. The number of carbonyl (C=O) groups is 2. The molecular weight excluding hydrogens is 409 g/mol. The number of aryl methyl sites for hydroxylation is 1. The molecule has 3 aromatic rings. The monoisotopic (exact) mass is 424 g/mol. The number of ether oxygens (including phenoxy) is 1. The number of fused-ring (bicyclic) bond motifs is 1. The number of hydrogen-bond acceptors (Lipinski definition) is 4. The lowest BCUT2D eigenvalue weighted by Crippen LogP contribution is -2.20. The van der Waals surface area contributed by atoms with Gasteiger partial charge in [0.25, 0.3) is 0 Å². The molecule has 29 heavy (non-hydrogen) atoms. The molecule has 0 saturated heterocycles. The summed E-state index contributed by atoms with van der Waals surface area (Å²) in [6, 6.07) is 9.29. The van der Waals surface area contributed by atoms with Crippen LogP contribution >= 0.6 is 11.6 Å². The van der Waals surface area contributed by atoms with Crippen molar-refractivity contribution in [3.05, 3.63) is 64.1 Å². The first-order chi connectivity index (χ1) is 13.5. The van der Waals surface area contributed by atoms with Gasteiger partial charge in [-0.2, -0.15) is 13.2 Å². The summed E-state index contributed by atoms with van der Waals surface area (Å²) in [6.45, 7) is 1.14. The van der Waals surface area contributed by atoms with Crippen molar-refractivity contribution in [2.45, 2.75) is 26.6 Å². The van der Waals surface area contributed by atoms with Crippen LogP contribution < -0.4 is 0 Å². The average Bonchev–Trinajstić information content (AvgIpc) is 2.92. The van der Waals surface area contributed by atoms with Crippen LogP contribution in [-0.4, -0.2) is 34.1 Å². The van der Waals surface area contributed by atoms with Gasteiger partial charge in [-0.3, -0.25) is 4.79 Å². The maximum absolute atomic E-state index is 12.7. The van der Waals surface area contributed by atoms with Crippen LogP contribution in [0.5, 0.6) is 0 Å². The number of benzene rings is 1. The number of alkyl halides is 3. The molecule has 0 saturated carbocycles. The lowest BCUT2D eigenvalue weighted by Gasteiger charge is -2.12. The molecule has 0 fully saturated rings. The van der Waals surface area contributed by atoms with E-state index in [2.05, 4.69) is 4.98 Å². The average molecular weight is 425 g/mol. The molecule has 0 aliphatic carbocycles. The minimum atomic E-state index is -4.41. The molecule has 2 aromatic heterocycles. The highest BCUT2D eigenvalue weighted by molar-refractivity contribution is 6.29. The second-order valence-electron chi connectivity index (χ2n) is 6.53. The van der Waals surface area contributed by atoms with E-state index in [-0.39, 0.29) is 16.8 Å². The van der Waals surface area contributed by atoms with Gasteiger partial charge in [-0.1, -0.05) is 11.6 Å². The lowest BCUT2D eigenvalue weighted by atomic mass is 10.1. The maximum atomic E-state index is 12.7. The number of ketones is 1. The standard InChI is InChI=1S/C20H16ClF3N2O3/c1-11-7-15(12(2)26(11)10-20(22,23)24)17(27)9-29-19(28)14-3-5-16-13(8-14)4-6-18(21)25-16/h3-8H,9-10H2,1-2H3. The molecule has 0 bridgehead atoms. The van der Waals surface area contributed by atoms with E-state index in [1.807, 2.05) is 0 Å². The Kier molecular flexibility index (Phi) is 5.66. The van der Waals surface area contributed by atoms with E-state index in [0.717, 1.165) is 4.57 Å². The van der Waals surface area contributed by atoms with E-state index in [1.54, 1.807) is 24.3 Å². The Hall–Kier alpha value is -2.87. The number of rotatable bonds is 5. The van der Waals surface area contributed by atoms with Crippen LogP contribution in [0.15, 0.2) is 36.4 Å². The van der Waals surface area contributed by atoms with Gasteiger partial charge in [0.1, 0.15) is 11.7 Å². The van der Waals surface area contributed by atoms with Crippen LogP contribution in [0.3, 0.4) is 0 Å². The molecule has 5 nitrogen and oxygen atoms in total. The van der Waals surface area contributed by atoms with E-state index in [0.29, 0.717) is 21.7 Å². The number of halogens is 4. The summed E-state index contributed by atoms with van der Waals surface area (Å²) < 4.78 is 44.2. The molecular formula is C20H16ClF3N2O3. The zero-order chi connectivity index (χ0) is 21.3. The first kappa shape index (κ1) is 20.9. The summed E-state index contributed by atoms with van der Waals surface area (Å²) in [7, 11) is 0. The zero-order valence-corrected chi connectivity index (χ0v) is 16.3. The number of hydrogen-bond donors (Lipinski definition) is 0. The van der Waals surface area contributed by atoms with Gasteiger partial charge in [-0.15, -0.1) is 0 Å². The summed E-state index contributed by atoms with van der Waals surface area (Å²) in [5, 5.41) is 0.993. The van der Waals surface area contributed by atoms with E-state index in [9.17, 15) is 22.8 Å². The summed E-state index contributed by atoms with van der Waals surface area (Å²) in [5.41, 5.74) is 1.39. The second kappa shape index (κ2) is 7.87. The first-order valence-corrected chi connectivity index (χ1v) is 8.93. The smallest absolute Gasteiger partial charge is 0.406 e. The quantitative estimate of drug-likeness (QED) is 0.332. The van der Waals surface area contributed by atoms with E-state index >= 15 is 0 Å². The van der Waals surface area contributed by atoms with Crippen molar-refractivity contribution in [2.24, 2.45) is 0 Å². The van der Waals surface area contributed by atoms with Crippen LogP contribution in [0.25, 0.3) is 10.9 Å². The number of pyridine rings is 1. The van der Waals surface area contributed by atoms with Gasteiger partial charge in [-0.05, 0) is 50.2 Å². The highest BCUT2D eigenvalue weighted by Crippen LogP contribution is 2.23. The Morgan fingerprint density at radius 1 is 1.14 bits per heavy atom. The lowest BCUT2D eigenvalue weighted by molar-refractivity contribution is -0.141. The summed E-state index contributed by atoms with van der Waals surface area (Å²) in [5.74, 6) is -1.30. The molecule has 2 heterocycles. The van der Waals surface area contributed by atoms with Crippen molar-refractivity contribution >= 4 is 34.3 Å². The van der Waals surface area contributed by atoms with Crippen molar-refractivity contribution in [1.29, 1.82) is 0 Å². The molecule has 0 spiro atoms. The Morgan fingerprint density at radius 3 is 2.55 bits per heavy atom. The molecule has 0 radical (unpaired) electrons. The van der Waals surface area contributed by atoms with Gasteiger partial charge < -0.3 is 9.30 Å². The SMILES string of the molecule is Cc1cc(C(=O)COC(=O)c2ccc3nc(Cl)ccc3c2)c(C)n1CC(F)(F)F. The van der Waals surface area contributed by atoms with Crippen molar-refractivity contribution < 1.29 is 27.5 Å². The minimum absolute atomic E-state index is 0.0944. The van der Waals surface area contributed by atoms with Crippen LogP contribution in [0.2, 0.25) is 5.15 Å². The second-order valence-corrected chi connectivity index (χ2v) is 6.91. The number of esters is 1. The topological polar surface area (TPSA) is 61.2 Å². The van der Waals surface area contributed by atoms with Gasteiger partial charge in [0.2, 0.25) is 5.78 Å². The third kappa shape index (κ3) is 4.76. The highest BCUT2D eigenvalue weighted by Gasteiger charge is 2.30. The molecule has 152 valence electrons. The van der Waals surface area contributed by atoms with Crippen LogP contribution in [0.1, 0.15) is 32.1 Å². The van der Waals surface area contributed by atoms with Gasteiger partial charge in [0.15, 0.2) is 6.61 Å². The fourth-order valence-electron chi connectivity index (χ4n) is 3.03. The molecule has 0 N–H and O–H groups in total. The van der Waals surface area contributed by atoms with Crippen molar-refractivity contribution in [1.82, 2.24) is 9.55 Å². The van der Waals surface area contributed by atoms with Crippen LogP contribution in [0, 0.1) is 13.8 Å². The van der Waals surface area contributed by atoms with Crippen LogP contribution in [-0.2, 0) is 11.3 Å². The number of nitrogens with zero attached hydrogens (tertiary/aromatic N) is 2. The van der Waals surface area contributed by atoms with Gasteiger partial charge in [0, 0.05) is 22.3 Å². The van der Waals surface area contributed by atoms with Gasteiger partial charge >= 0.3 is 12.1 Å². The molecule has 0 aliphatic heterocycles. The molecule has 3 rings (SSSR count). The molecule has 1 aromatic carbocycles. The number of Topliss-reactive ketones (excluding diaryl/α,β-unsaturated/α-hetero) is 1. The van der Waals surface area contributed by atoms with Gasteiger partial charge in [0.05, 0.1) is 11.1 Å².